The molecule has 0 aromatic heterocycles. The van der Waals surface area contributed by atoms with Gasteiger partial charge < -0.3 is 19.3 Å². The number of benzene rings is 1. The van der Waals surface area contributed by atoms with E-state index in [0.717, 1.165) is 0 Å². The second-order valence-electron chi connectivity index (χ2n) is 4.41. The quantitative estimate of drug-likeness (QED) is 0.397. The molecule has 1 rings (SSSR count). The summed E-state index contributed by atoms with van der Waals surface area (Å²) in [5, 5.41) is 8.13. The van der Waals surface area contributed by atoms with Crippen LogP contribution in [-0.2, 0) is 14.2 Å². The number of carbonyl (C=O) groups excluding carboxylic acids is 2. The van der Waals surface area contributed by atoms with Crippen LogP contribution in [0, 0.1) is 0 Å². The summed E-state index contributed by atoms with van der Waals surface area (Å²) >= 11 is 0. The Balaban J connectivity index is 0.000000697. The monoisotopic (exact) mass is 348 g/mol. The van der Waals surface area contributed by atoms with Crippen LogP contribution in [0.4, 0.5) is 0 Å². The predicted octanol–water partition coefficient (Wildman–Crippen LogP) is 2.55. The number of aliphatic hydroxyl groups is 1. The molecule has 1 N–H and O–H groups in total. The van der Waals surface area contributed by atoms with Crippen molar-refractivity contribution in [3.8, 4) is 0 Å². The number of esters is 2. The molecule has 0 unspecified atom stereocenters. The van der Waals surface area contributed by atoms with Gasteiger partial charge in [-0.05, 0) is 12.1 Å². The largest absolute Gasteiger partial charge is 0.458 e. The zero-order valence-electron chi connectivity index (χ0n) is 14.2. The number of carbonyl (C=O) groups is 2. The Bertz CT molecular complexity index is 522. The predicted molar refractivity (Wildman–Crippen MR) is 95.5 cm³/mol. The SMILES string of the molecule is C=CCOC(=O)c1ccccc1C(=O)OCC=C.C=CCOCCO. The molecule has 0 atom stereocenters. The molecule has 1 aromatic carbocycles. The highest BCUT2D eigenvalue weighted by Crippen LogP contribution is 2.12. The van der Waals surface area contributed by atoms with Gasteiger partial charge in [-0.1, -0.05) is 43.5 Å². The van der Waals surface area contributed by atoms with E-state index in [1.807, 2.05) is 0 Å². The summed E-state index contributed by atoms with van der Waals surface area (Å²) in [6.45, 7) is 11.5. The number of hydrogen-bond donors (Lipinski definition) is 1. The fourth-order valence-electron chi connectivity index (χ4n) is 1.50. The minimum Gasteiger partial charge on any atom is -0.458 e. The molecular weight excluding hydrogens is 324 g/mol. The van der Waals surface area contributed by atoms with Gasteiger partial charge in [0.2, 0.25) is 0 Å². The van der Waals surface area contributed by atoms with Gasteiger partial charge in [-0.25, -0.2) is 9.59 Å². The van der Waals surface area contributed by atoms with E-state index in [-0.39, 0.29) is 30.9 Å². The lowest BCUT2D eigenvalue weighted by molar-refractivity contribution is 0.0503. The van der Waals surface area contributed by atoms with Crippen molar-refractivity contribution < 1.29 is 28.9 Å². The molecule has 6 heteroatoms. The van der Waals surface area contributed by atoms with Crippen LogP contribution in [0.5, 0.6) is 0 Å². The highest BCUT2D eigenvalue weighted by atomic mass is 16.5. The Labute approximate surface area is 148 Å². The minimum absolute atomic E-state index is 0.0911. The van der Waals surface area contributed by atoms with Crippen LogP contribution in [0.2, 0.25) is 0 Å². The van der Waals surface area contributed by atoms with Crippen LogP contribution in [-0.4, -0.2) is 50.1 Å². The van der Waals surface area contributed by atoms with Gasteiger partial charge in [-0.2, -0.15) is 0 Å². The maximum Gasteiger partial charge on any atom is 0.339 e. The maximum atomic E-state index is 11.7. The van der Waals surface area contributed by atoms with Crippen LogP contribution in [0.1, 0.15) is 20.7 Å². The molecule has 0 radical (unpaired) electrons. The van der Waals surface area contributed by atoms with E-state index < -0.39 is 11.9 Å². The van der Waals surface area contributed by atoms with Crippen molar-refractivity contribution >= 4 is 11.9 Å². The number of hydrogen-bond acceptors (Lipinski definition) is 6. The Morgan fingerprint density at radius 1 is 0.880 bits per heavy atom. The summed E-state index contributed by atoms with van der Waals surface area (Å²) < 4.78 is 14.5. The number of rotatable bonds is 10. The Kier molecular flexibility index (Phi) is 13.3. The zero-order valence-corrected chi connectivity index (χ0v) is 14.2. The van der Waals surface area contributed by atoms with E-state index in [0.29, 0.717) is 13.2 Å². The van der Waals surface area contributed by atoms with E-state index in [2.05, 4.69) is 19.7 Å². The molecule has 1 aromatic rings. The Morgan fingerprint density at radius 3 is 1.68 bits per heavy atom. The highest BCUT2D eigenvalue weighted by Gasteiger charge is 2.18. The molecule has 0 aliphatic heterocycles. The van der Waals surface area contributed by atoms with Gasteiger partial charge in [0.25, 0.3) is 0 Å². The van der Waals surface area contributed by atoms with E-state index >= 15 is 0 Å². The molecule has 0 spiro atoms. The molecule has 136 valence electrons. The van der Waals surface area contributed by atoms with Crippen molar-refractivity contribution in [2.75, 3.05) is 33.0 Å². The average molecular weight is 348 g/mol. The number of ether oxygens (including phenoxy) is 3. The molecule has 0 bridgehead atoms. The average Bonchev–Trinajstić information content (AvgIpc) is 2.65. The minimum atomic E-state index is -0.582. The molecule has 0 fully saturated rings. The standard InChI is InChI=1S/C14H14O4.C5H10O2/c1-3-9-17-13(15)11-7-5-6-8-12(11)14(16)18-10-4-2;1-2-4-7-5-3-6/h3-8H,1-2,9-10H2;2,6H,1,3-5H2. The Morgan fingerprint density at radius 2 is 1.32 bits per heavy atom. The topological polar surface area (TPSA) is 82.1 Å². The summed E-state index contributed by atoms with van der Waals surface area (Å²) in [7, 11) is 0. The summed E-state index contributed by atoms with van der Waals surface area (Å²) in [5.74, 6) is -1.16. The summed E-state index contributed by atoms with van der Waals surface area (Å²) in [5.41, 5.74) is 0.349. The van der Waals surface area contributed by atoms with Crippen molar-refractivity contribution in [1.82, 2.24) is 0 Å². The second kappa shape index (κ2) is 14.9. The Hall–Kier alpha value is -2.70. The van der Waals surface area contributed by atoms with E-state index in [1.165, 1.54) is 24.3 Å². The molecule has 0 saturated heterocycles. The lowest BCUT2D eigenvalue weighted by Crippen LogP contribution is -2.14. The first-order valence-corrected chi connectivity index (χ1v) is 7.56. The summed E-state index contributed by atoms with van der Waals surface area (Å²) in [6, 6.07) is 6.31. The van der Waals surface area contributed by atoms with Crippen LogP contribution in [0.3, 0.4) is 0 Å². The van der Waals surface area contributed by atoms with Crippen LogP contribution >= 0.6 is 0 Å². The molecule has 0 saturated carbocycles. The van der Waals surface area contributed by atoms with Gasteiger partial charge in [0, 0.05) is 0 Å². The van der Waals surface area contributed by atoms with E-state index in [1.54, 1.807) is 18.2 Å². The van der Waals surface area contributed by atoms with Crippen molar-refractivity contribution in [3.05, 3.63) is 73.4 Å². The molecule has 0 heterocycles. The highest BCUT2D eigenvalue weighted by molar-refractivity contribution is 6.03. The van der Waals surface area contributed by atoms with E-state index in [4.69, 9.17) is 19.3 Å². The first-order valence-electron chi connectivity index (χ1n) is 7.56. The van der Waals surface area contributed by atoms with E-state index in [9.17, 15) is 9.59 Å². The molecule has 0 aliphatic rings. The zero-order chi connectivity index (χ0) is 18.9. The van der Waals surface area contributed by atoms with Gasteiger partial charge >= 0.3 is 11.9 Å². The molecule has 0 aliphatic carbocycles. The second-order valence-corrected chi connectivity index (χ2v) is 4.41. The van der Waals surface area contributed by atoms with Crippen molar-refractivity contribution in [3.63, 3.8) is 0 Å². The number of aliphatic hydroxyl groups excluding tert-OH is 1. The third kappa shape index (κ3) is 9.91. The van der Waals surface area contributed by atoms with Gasteiger partial charge in [0.05, 0.1) is 30.9 Å². The third-order valence-electron chi connectivity index (χ3n) is 2.50. The van der Waals surface area contributed by atoms with Crippen molar-refractivity contribution in [2.45, 2.75) is 0 Å². The van der Waals surface area contributed by atoms with Gasteiger partial charge in [-0.15, -0.1) is 6.58 Å². The lowest BCUT2D eigenvalue weighted by Gasteiger charge is -2.07. The van der Waals surface area contributed by atoms with Gasteiger partial charge in [-0.3, -0.25) is 0 Å². The van der Waals surface area contributed by atoms with Crippen molar-refractivity contribution in [2.24, 2.45) is 0 Å². The normalized spacial score (nSPS) is 9.16. The molecular formula is C19H24O6. The molecule has 6 nitrogen and oxygen atoms in total. The molecule has 0 amide bonds. The first-order chi connectivity index (χ1) is 12.1. The first kappa shape index (κ1) is 22.3. The molecule has 25 heavy (non-hydrogen) atoms. The van der Waals surface area contributed by atoms with Crippen LogP contribution in [0.25, 0.3) is 0 Å². The lowest BCUT2D eigenvalue weighted by atomic mass is 10.1. The van der Waals surface area contributed by atoms with Crippen LogP contribution < -0.4 is 0 Å². The fraction of sp³-hybridized carbons (Fsp3) is 0.263. The van der Waals surface area contributed by atoms with Crippen LogP contribution in [0.15, 0.2) is 62.2 Å². The fourth-order valence-corrected chi connectivity index (χ4v) is 1.50. The van der Waals surface area contributed by atoms with Gasteiger partial charge in [0.1, 0.15) is 13.2 Å². The maximum absolute atomic E-state index is 11.7. The van der Waals surface area contributed by atoms with Gasteiger partial charge in [0.15, 0.2) is 0 Å². The smallest absolute Gasteiger partial charge is 0.339 e. The summed E-state index contributed by atoms with van der Waals surface area (Å²) in [4.78, 5) is 23.4. The summed E-state index contributed by atoms with van der Waals surface area (Å²) in [6.07, 6.45) is 4.56. The van der Waals surface area contributed by atoms with Crippen molar-refractivity contribution in [1.29, 1.82) is 0 Å². The third-order valence-corrected chi connectivity index (χ3v) is 2.50.